The molecule has 3 aromatic rings. The fourth-order valence-electron chi connectivity index (χ4n) is 3.00. The predicted octanol–water partition coefficient (Wildman–Crippen LogP) is -0.153. The maximum absolute atomic E-state index is 12.1. The van der Waals surface area contributed by atoms with Gasteiger partial charge in [-0.25, -0.2) is 0 Å². The van der Waals surface area contributed by atoms with Gasteiger partial charge in [-0.3, -0.25) is 14.7 Å². The van der Waals surface area contributed by atoms with Crippen molar-refractivity contribution in [1.82, 2.24) is 34.3 Å². The number of aromatic nitrogens is 6. The summed E-state index contributed by atoms with van der Waals surface area (Å²) in [5.41, 5.74) is 1.28. The Kier molecular flexibility index (Phi) is 3.72. The molecular weight excluding hydrogens is 320 g/mol. The van der Waals surface area contributed by atoms with Crippen LogP contribution in [0.4, 0.5) is 5.82 Å². The second-order valence-electron chi connectivity index (χ2n) is 6.47. The third-order valence-electron chi connectivity index (χ3n) is 4.70. The average Bonchev–Trinajstić information content (AvgIpc) is 2.91. The molecule has 0 amide bonds. The van der Waals surface area contributed by atoms with Crippen LogP contribution in [0.15, 0.2) is 29.3 Å². The summed E-state index contributed by atoms with van der Waals surface area (Å²) in [6.45, 7) is 4.16. The van der Waals surface area contributed by atoms with Crippen LogP contribution in [-0.4, -0.2) is 60.4 Å². The minimum atomic E-state index is -0.0410. The van der Waals surface area contributed by atoms with E-state index in [0.717, 1.165) is 30.4 Å². The quantitative estimate of drug-likeness (QED) is 0.653. The number of hydrogen-bond donors (Lipinski definition) is 0. The summed E-state index contributed by atoms with van der Waals surface area (Å²) in [6, 6.07) is 4.26. The molecule has 25 heavy (non-hydrogen) atoms. The molecule has 0 radical (unpaired) electrons. The lowest BCUT2D eigenvalue weighted by Gasteiger charge is -2.44. The van der Waals surface area contributed by atoms with Crippen LogP contribution in [0.5, 0.6) is 0 Å². The zero-order chi connectivity index (χ0) is 17.6. The molecule has 0 unspecified atom stereocenters. The first-order valence-corrected chi connectivity index (χ1v) is 8.17. The van der Waals surface area contributed by atoms with Gasteiger partial charge >= 0.3 is 0 Å². The Balaban J connectivity index is 1.43. The van der Waals surface area contributed by atoms with Crippen LogP contribution < -0.4 is 10.5 Å². The van der Waals surface area contributed by atoms with E-state index in [2.05, 4.69) is 30.1 Å². The number of nitrogens with zero attached hydrogens (tertiary/aromatic N) is 8. The molecule has 4 heterocycles. The second-order valence-corrected chi connectivity index (χ2v) is 6.47. The van der Waals surface area contributed by atoms with E-state index in [1.165, 1.54) is 0 Å². The zero-order valence-electron chi connectivity index (χ0n) is 14.5. The Labute approximate surface area is 144 Å². The van der Waals surface area contributed by atoms with Gasteiger partial charge in [0, 0.05) is 45.1 Å². The van der Waals surface area contributed by atoms with E-state index in [1.807, 2.05) is 26.1 Å². The standard InChI is InChI=1S/C16H20N8O/c1-11-18-19-14-4-5-15(20-24(11)14)23-8-12(9-23)22(3)10-13-16(25)21(2)7-6-17-13/h4-7,12H,8-10H2,1-3H3. The van der Waals surface area contributed by atoms with Crippen molar-refractivity contribution in [3.05, 3.63) is 46.4 Å². The van der Waals surface area contributed by atoms with Crippen LogP contribution in [0.3, 0.4) is 0 Å². The van der Waals surface area contributed by atoms with Gasteiger partial charge in [0.05, 0.1) is 0 Å². The summed E-state index contributed by atoms with van der Waals surface area (Å²) in [7, 11) is 3.77. The molecule has 1 fully saturated rings. The molecule has 0 aromatic carbocycles. The number of hydrogen-bond acceptors (Lipinski definition) is 7. The lowest BCUT2D eigenvalue weighted by atomic mass is 10.1. The minimum Gasteiger partial charge on any atom is -0.352 e. The van der Waals surface area contributed by atoms with Crippen molar-refractivity contribution in [2.24, 2.45) is 7.05 Å². The summed E-state index contributed by atoms with van der Waals surface area (Å²) < 4.78 is 3.31. The van der Waals surface area contributed by atoms with Gasteiger partial charge in [0.15, 0.2) is 11.5 Å². The Hall–Kier alpha value is -2.81. The lowest BCUT2D eigenvalue weighted by Crippen LogP contribution is -2.58. The Morgan fingerprint density at radius 1 is 1.28 bits per heavy atom. The van der Waals surface area contributed by atoms with Crippen molar-refractivity contribution in [1.29, 1.82) is 0 Å². The second kappa shape index (κ2) is 5.92. The molecule has 0 spiro atoms. The van der Waals surface area contributed by atoms with E-state index in [-0.39, 0.29) is 5.56 Å². The number of likely N-dealkylation sites (N-methyl/N-ethyl adjacent to an activating group) is 1. The molecule has 1 aliphatic heterocycles. The van der Waals surface area contributed by atoms with Crippen molar-refractivity contribution in [2.75, 3.05) is 25.0 Å². The molecule has 1 saturated heterocycles. The lowest BCUT2D eigenvalue weighted by molar-refractivity contribution is 0.193. The smallest absolute Gasteiger partial charge is 0.273 e. The van der Waals surface area contributed by atoms with Gasteiger partial charge in [0.25, 0.3) is 5.56 Å². The van der Waals surface area contributed by atoms with Crippen molar-refractivity contribution in [2.45, 2.75) is 19.5 Å². The number of aryl methyl sites for hydroxylation is 2. The van der Waals surface area contributed by atoms with Crippen LogP contribution in [0, 0.1) is 6.92 Å². The van der Waals surface area contributed by atoms with Crippen LogP contribution in [0.25, 0.3) is 5.65 Å². The molecule has 1 aliphatic rings. The first kappa shape index (κ1) is 15.7. The van der Waals surface area contributed by atoms with Gasteiger partial charge in [0.2, 0.25) is 0 Å². The molecule has 0 N–H and O–H groups in total. The molecule has 0 aliphatic carbocycles. The van der Waals surface area contributed by atoms with Crippen molar-refractivity contribution in [3.8, 4) is 0 Å². The summed E-state index contributed by atoms with van der Waals surface area (Å²) in [4.78, 5) is 20.7. The highest BCUT2D eigenvalue weighted by atomic mass is 16.1. The summed E-state index contributed by atoms with van der Waals surface area (Å²) in [6.07, 6.45) is 3.34. The fourth-order valence-corrected chi connectivity index (χ4v) is 3.00. The predicted molar refractivity (Wildman–Crippen MR) is 92.5 cm³/mol. The van der Waals surface area contributed by atoms with Crippen LogP contribution in [0.1, 0.15) is 11.5 Å². The first-order chi connectivity index (χ1) is 12.0. The van der Waals surface area contributed by atoms with Crippen molar-refractivity contribution in [3.63, 3.8) is 0 Å². The van der Waals surface area contributed by atoms with Gasteiger partial charge in [-0.1, -0.05) is 0 Å². The van der Waals surface area contributed by atoms with E-state index >= 15 is 0 Å². The van der Waals surface area contributed by atoms with Gasteiger partial charge in [0.1, 0.15) is 11.5 Å². The molecule has 4 rings (SSSR count). The Morgan fingerprint density at radius 3 is 2.88 bits per heavy atom. The average molecular weight is 340 g/mol. The number of rotatable bonds is 4. The molecular formula is C16H20N8O. The zero-order valence-corrected chi connectivity index (χ0v) is 14.5. The molecule has 0 atom stereocenters. The van der Waals surface area contributed by atoms with Crippen LogP contribution >= 0.6 is 0 Å². The van der Waals surface area contributed by atoms with Gasteiger partial charge in [-0.15, -0.1) is 15.3 Å². The Morgan fingerprint density at radius 2 is 2.08 bits per heavy atom. The third kappa shape index (κ3) is 2.76. The van der Waals surface area contributed by atoms with E-state index in [4.69, 9.17) is 0 Å². The third-order valence-corrected chi connectivity index (χ3v) is 4.70. The summed E-state index contributed by atoms with van der Waals surface area (Å²) in [5.74, 6) is 1.69. The van der Waals surface area contributed by atoms with Crippen LogP contribution in [0.2, 0.25) is 0 Å². The molecule has 0 bridgehead atoms. The maximum Gasteiger partial charge on any atom is 0.273 e. The van der Waals surface area contributed by atoms with Crippen molar-refractivity contribution < 1.29 is 0 Å². The van der Waals surface area contributed by atoms with E-state index in [0.29, 0.717) is 18.3 Å². The molecule has 130 valence electrons. The fraction of sp³-hybridized carbons (Fsp3) is 0.438. The molecule has 9 heteroatoms. The minimum absolute atomic E-state index is 0.0410. The molecule has 3 aromatic heterocycles. The van der Waals surface area contributed by atoms with E-state index in [1.54, 1.807) is 28.5 Å². The monoisotopic (exact) mass is 340 g/mol. The van der Waals surface area contributed by atoms with Crippen molar-refractivity contribution >= 4 is 11.5 Å². The number of fused-ring (bicyclic) bond motifs is 1. The summed E-state index contributed by atoms with van der Waals surface area (Å²) >= 11 is 0. The van der Waals surface area contributed by atoms with Gasteiger partial charge in [-0.2, -0.15) is 4.52 Å². The van der Waals surface area contributed by atoms with Gasteiger partial charge < -0.3 is 9.47 Å². The summed E-state index contributed by atoms with van der Waals surface area (Å²) in [5, 5.41) is 12.7. The Bertz CT molecular complexity index is 972. The molecule has 0 saturated carbocycles. The number of anilines is 1. The van der Waals surface area contributed by atoms with E-state index < -0.39 is 0 Å². The maximum atomic E-state index is 12.1. The highest BCUT2D eigenvalue weighted by Crippen LogP contribution is 2.22. The molecule has 9 nitrogen and oxygen atoms in total. The highest BCUT2D eigenvalue weighted by molar-refractivity contribution is 5.47. The SMILES string of the molecule is Cc1nnc2ccc(N3CC(N(C)Cc4nccn(C)c4=O)C3)nn12. The van der Waals surface area contributed by atoms with Gasteiger partial charge in [-0.05, 0) is 26.1 Å². The highest BCUT2D eigenvalue weighted by Gasteiger charge is 2.31. The topological polar surface area (TPSA) is 84.5 Å². The first-order valence-electron chi connectivity index (χ1n) is 8.17. The van der Waals surface area contributed by atoms with E-state index in [9.17, 15) is 4.79 Å². The largest absolute Gasteiger partial charge is 0.352 e. The van der Waals surface area contributed by atoms with Crippen LogP contribution in [-0.2, 0) is 13.6 Å². The normalized spacial score (nSPS) is 15.1.